The maximum absolute atomic E-state index is 4.44. The van der Waals surface area contributed by atoms with Crippen LogP contribution in [0.4, 0.5) is 5.82 Å². The van der Waals surface area contributed by atoms with E-state index in [9.17, 15) is 0 Å². The van der Waals surface area contributed by atoms with Gasteiger partial charge >= 0.3 is 0 Å². The molecule has 2 heterocycles. The Morgan fingerprint density at radius 1 is 1.30 bits per heavy atom. The summed E-state index contributed by atoms with van der Waals surface area (Å²) in [6, 6.07) is 0. The lowest BCUT2D eigenvalue weighted by Crippen LogP contribution is -2.47. The van der Waals surface area contributed by atoms with E-state index in [1.54, 1.807) is 17.7 Å². The predicted molar refractivity (Wildman–Crippen MR) is 85.5 cm³/mol. The van der Waals surface area contributed by atoms with Crippen molar-refractivity contribution in [2.45, 2.75) is 38.1 Å². The average Bonchev–Trinajstić information content (AvgIpc) is 3.05. The second-order valence-electron chi connectivity index (χ2n) is 6.00. The van der Waals surface area contributed by atoms with Gasteiger partial charge in [0.25, 0.3) is 0 Å². The first-order valence-corrected chi connectivity index (χ1v) is 8.10. The number of aryl methyl sites for hydroxylation is 1. The highest BCUT2D eigenvalue weighted by atomic mass is 32.1. The van der Waals surface area contributed by atoms with Crippen LogP contribution in [-0.4, -0.2) is 41.0 Å². The zero-order valence-corrected chi connectivity index (χ0v) is 13.3. The molecule has 5 heteroatoms. The van der Waals surface area contributed by atoms with Crippen LogP contribution in [-0.2, 0) is 0 Å². The van der Waals surface area contributed by atoms with E-state index in [1.165, 1.54) is 35.9 Å². The van der Waals surface area contributed by atoms with E-state index in [1.807, 2.05) is 0 Å². The Morgan fingerprint density at radius 2 is 2.05 bits per heavy atom. The van der Waals surface area contributed by atoms with Crippen molar-refractivity contribution in [3.05, 3.63) is 17.3 Å². The average molecular weight is 290 g/mol. The molecule has 1 fully saturated rings. The summed E-state index contributed by atoms with van der Waals surface area (Å²) in [6.45, 7) is 3.07. The molecule has 0 spiro atoms. The summed E-state index contributed by atoms with van der Waals surface area (Å²) in [5, 5.41) is 5.74. The van der Waals surface area contributed by atoms with Crippen LogP contribution in [0.3, 0.4) is 0 Å². The Morgan fingerprint density at radius 3 is 2.75 bits per heavy atom. The predicted octanol–water partition coefficient (Wildman–Crippen LogP) is 3.29. The number of hydrogen-bond acceptors (Lipinski definition) is 5. The minimum absolute atomic E-state index is 0.281. The van der Waals surface area contributed by atoms with Gasteiger partial charge < -0.3 is 10.2 Å². The number of fused-ring (bicyclic) bond motifs is 1. The molecule has 2 aromatic rings. The number of nitrogens with one attached hydrogen (secondary N) is 1. The molecule has 0 aromatic carbocycles. The van der Waals surface area contributed by atoms with Gasteiger partial charge in [-0.1, -0.05) is 12.8 Å². The highest BCUT2D eigenvalue weighted by molar-refractivity contribution is 7.18. The van der Waals surface area contributed by atoms with Crippen LogP contribution in [0.2, 0.25) is 0 Å². The van der Waals surface area contributed by atoms with Crippen LogP contribution in [0.5, 0.6) is 0 Å². The fraction of sp³-hybridized carbons (Fsp3) is 0.600. The second-order valence-corrected chi connectivity index (χ2v) is 6.88. The second kappa shape index (κ2) is 5.30. The van der Waals surface area contributed by atoms with Crippen molar-refractivity contribution in [3.63, 3.8) is 0 Å². The lowest BCUT2D eigenvalue weighted by molar-refractivity contribution is 0.172. The molecule has 0 saturated heterocycles. The zero-order chi connectivity index (χ0) is 14.2. The molecule has 2 aromatic heterocycles. The topological polar surface area (TPSA) is 41.0 Å². The minimum Gasteiger partial charge on any atom is -0.367 e. The van der Waals surface area contributed by atoms with Crippen LogP contribution in [0.25, 0.3) is 10.2 Å². The van der Waals surface area contributed by atoms with E-state index in [0.29, 0.717) is 0 Å². The van der Waals surface area contributed by atoms with Crippen molar-refractivity contribution in [1.82, 2.24) is 14.9 Å². The van der Waals surface area contributed by atoms with Gasteiger partial charge in [0.2, 0.25) is 0 Å². The monoisotopic (exact) mass is 290 g/mol. The maximum Gasteiger partial charge on any atom is 0.147 e. The van der Waals surface area contributed by atoms with Gasteiger partial charge in [-0.2, -0.15) is 0 Å². The fourth-order valence-electron chi connectivity index (χ4n) is 3.16. The third-order valence-electron chi connectivity index (χ3n) is 4.60. The number of hydrogen-bond donors (Lipinski definition) is 1. The lowest BCUT2D eigenvalue weighted by atomic mass is 9.96. The van der Waals surface area contributed by atoms with Gasteiger partial charge in [-0.25, -0.2) is 9.97 Å². The highest BCUT2D eigenvalue weighted by Crippen LogP contribution is 2.35. The van der Waals surface area contributed by atoms with Gasteiger partial charge in [0.05, 0.1) is 10.2 Å². The normalized spacial score (nSPS) is 18.0. The molecule has 0 atom stereocenters. The van der Waals surface area contributed by atoms with E-state index in [-0.39, 0.29) is 5.54 Å². The summed E-state index contributed by atoms with van der Waals surface area (Å²) in [5.74, 6) is 0.987. The quantitative estimate of drug-likeness (QED) is 0.938. The smallest absolute Gasteiger partial charge is 0.147 e. The molecule has 108 valence electrons. The summed E-state index contributed by atoms with van der Waals surface area (Å²) in [5.41, 5.74) is 2.60. The third-order valence-corrected chi connectivity index (χ3v) is 5.69. The Hall–Kier alpha value is -1.20. The number of nitrogens with zero attached hydrogens (tertiary/aromatic N) is 3. The first-order valence-electron chi connectivity index (χ1n) is 7.22. The number of likely N-dealkylation sites (N-methyl/N-ethyl adjacent to an activating group) is 1. The molecule has 1 saturated carbocycles. The van der Waals surface area contributed by atoms with Crippen molar-refractivity contribution in [2.75, 3.05) is 26.0 Å². The van der Waals surface area contributed by atoms with E-state index in [0.717, 1.165) is 17.9 Å². The fourth-order valence-corrected chi connectivity index (χ4v) is 4.13. The van der Waals surface area contributed by atoms with E-state index < -0.39 is 0 Å². The summed E-state index contributed by atoms with van der Waals surface area (Å²) in [4.78, 5) is 11.2. The summed E-state index contributed by atoms with van der Waals surface area (Å²) < 4.78 is 1.18. The summed E-state index contributed by atoms with van der Waals surface area (Å²) in [6.07, 6.45) is 6.87. The van der Waals surface area contributed by atoms with Crippen LogP contribution in [0.15, 0.2) is 11.7 Å². The molecule has 3 rings (SSSR count). The van der Waals surface area contributed by atoms with Gasteiger partial charge in [-0.05, 0) is 44.8 Å². The molecule has 4 nitrogen and oxygen atoms in total. The molecular formula is C15H22N4S. The van der Waals surface area contributed by atoms with E-state index >= 15 is 0 Å². The SMILES string of the molecule is Cc1csc2c(NCC3(N(C)C)CCCC3)ncnc12. The van der Waals surface area contributed by atoms with Crippen LogP contribution >= 0.6 is 11.3 Å². The Balaban J connectivity index is 1.83. The molecule has 1 aliphatic rings. The van der Waals surface area contributed by atoms with E-state index in [4.69, 9.17) is 0 Å². The van der Waals surface area contributed by atoms with Gasteiger partial charge in [-0.15, -0.1) is 11.3 Å². The Labute approximate surface area is 124 Å². The summed E-state index contributed by atoms with van der Waals surface area (Å²) >= 11 is 1.73. The number of anilines is 1. The number of rotatable bonds is 4. The Kier molecular flexibility index (Phi) is 3.65. The molecule has 0 amide bonds. The summed E-state index contributed by atoms with van der Waals surface area (Å²) in [7, 11) is 4.38. The number of thiophene rings is 1. The molecule has 0 aliphatic heterocycles. The van der Waals surface area contributed by atoms with Crippen LogP contribution < -0.4 is 5.32 Å². The van der Waals surface area contributed by atoms with Crippen molar-refractivity contribution in [1.29, 1.82) is 0 Å². The molecule has 0 radical (unpaired) electrons. The first kappa shape index (κ1) is 13.8. The van der Waals surface area contributed by atoms with Crippen LogP contribution in [0, 0.1) is 6.92 Å². The molecule has 1 aliphatic carbocycles. The molecule has 1 N–H and O–H groups in total. The van der Waals surface area contributed by atoms with Crippen molar-refractivity contribution in [3.8, 4) is 0 Å². The van der Waals surface area contributed by atoms with E-state index in [2.05, 4.69) is 46.6 Å². The van der Waals surface area contributed by atoms with Gasteiger partial charge in [-0.3, -0.25) is 0 Å². The molecule has 0 unspecified atom stereocenters. The number of aromatic nitrogens is 2. The van der Waals surface area contributed by atoms with Gasteiger partial charge in [0, 0.05) is 12.1 Å². The largest absolute Gasteiger partial charge is 0.367 e. The third kappa shape index (κ3) is 2.29. The standard InChI is InChI=1S/C15H22N4S/c1-11-8-20-13-12(11)17-10-18-14(13)16-9-15(19(2)3)6-4-5-7-15/h8,10H,4-7,9H2,1-3H3,(H,16,17,18). The van der Waals surface area contributed by atoms with Crippen molar-refractivity contribution in [2.24, 2.45) is 0 Å². The first-order chi connectivity index (χ1) is 9.62. The van der Waals surface area contributed by atoms with Crippen molar-refractivity contribution >= 4 is 27.4 Å². The minimum atomic E-state index is 0.281. The molecular weight excluding hydrogens is 268 g/mol. The van der Waals surface area contributed by atoms with Crippen LogP contribution in [0.1, 0.15) is 31.2 Å². The van der Waals surface area contributed by atoms with Crippen molar-refractivity contribution < 1.29 is 0 Å². The maximum atomic E-state index is 4.44. The van der Waals surface area contributed by atoms with Gasteiger partial charge in [0.1, 0.15) is 12.1 Å². The van der Waals surface area contributed by atoms with Gasteiger partial charge in [0.15, 0.2) is 0 Å². The Bertz CT molecular complexity index is 599. The highest BCUT2D eigenvalue weighted by Gasteiger charge is 2.35. The lowest BCUT2D eigenvalue weighted by Gasteiger charge is -2.36. The molecule has 0 bridgehead atoms. The zero-order valence-electron chi connectivity index (χ0n) is 12.4. The molecule has 20 heavy (non-hydrogen) atoms.